The highest BCUT2D eigenvalue weighted by molar-refractivity contribution is 7.89. The molecule has 0 spiro atoms. The van der Waals surface area contributed by atoms with Crippen LogP contribution in [0.3, 0.4) is 0 Å². The quantitative estimate of drug-likeness (QED) is 0.792. The Morgan fingerprint density at radius 2 is 2.16 bits per heavy atom. The molecule has 1 aromatic heterocycles. The number of hydrogen-bond donors (Lipinski definition) is 1. The van der Waals surface area contributed by atoms with Crippen molar-refractivity contribution in [2.75, 3.05) is 33.2 Å². The largest absolute Gasteiger partial charge is 0.302 e. The summed E-state index contributed by atoms with van der Waals surface area (Å²) in [5, 5.41) is 6.38. The van der Waals surface area contributed by atoms with Gasteiger partial charge in [0, 0.05) is 25.7 Å². The monoisotopic (exact) mass is 306 g/mol. The highest BCUT2D eigenvalue weighted by Gasteiger charge is 2.26. The van der Waals surface area contributed by atoms with Crippen molar-refractivity contribution in [3.05, 3.63) is 11.8 Å². The zero-order valence-electron chi connectivity index (χ0n) is 11.0. The molecule has 0 saturated carbocycles. The minimum absolute atomic E-state index is 0.103. The Bertz CT molecular complexity index is 511. The first-order valence-electron chi connectivity index (χ1n) is 6.32. The molecule has 0 bridgehead atoms. The number of aromatic nitrogens is 2. The van der Waals surface area contributed by atoms with Crippen LogP contribution in [0, 0.1) is 0 Å². The molecule has 0 radical (unpaired) electrons. The maximum atomic E-state index is 12.4. The minimum atomic E-state index is -3.53. The van der Waals surface area contributed by atoms with E-state index in [0.29, 0.717) is 12.1 Å². The summed E-state index contributed by atoms with van der Waals surface area (Å²) in [6.45, 7) is 3.36. The number of likely N-dealkylation sites (tertiary alicyclic amines) is 1. The second kappa shape index (κ2) is 6.21. The summed E-state index contributed by atoms with van der Waals surface area (Å²) in [6.07, 6.45) is 3.86. The van der Waals surface area contributed by atoms with E-state index in [1.165, 1.54) is 23.3 Å². The van der Waals surface area contributed by atoms with Crippen LogP contribution in [0.1, 0.15) is 18.4 Å². The number of hydrogen-bond acceptors (Lipinski definition) is 4. The second-order valence-corrected chi connectivity index (χ2v) is 6.98. The van der Waals surface area contributed by atoms with Gasteiger partial charge in [-0.05, 0) is 25.9 Å². The molecule has 0 atom stereocenters. The van der Waals surface area contributed by atoms with Gasteiger partial charge in [-0.2, -0.15) is 9.40 Å². The average Bonchev–Trinajstić information content (AvgIpc) is 3.06. The van der Waals surface area contributed by atoms with Gasteiger partial charge in [-0.1, -0.05) is 0 Å². The van der Waals surface area contributed by atoms with Gasteiger partial charge in [0.25, 0.3) is 10.0 Å². The fourth-order valence-electron chi connectivity index (χ4n) is 2.18. The molecule has 1 saturated heterocycles. The summed E-state index contributed by atoms with van der Waals surface area (Å²) in [6, 6.07) is 0. The van der Waals surface area contributed by atoms with Gasteiger partial charge in [-0.25, -0.2) is 8.42 Å². The van der Waals surface area contributed by atoms with Crippen molar-refractivity contribution in [2.24, 2.45) is 0 Å². The minimum Gasteiger partial charge on any atom is -0.302 e. The number of sulfonamides is 1. The molecule has 0 unspecified atom stereocenters. The van der Waals surface area contributed by atoms with Gasteiger partial charge in [-0.3, -0.25) is 5.10 Å². The zero-order valence-corrected chi connectivity index (χ0v) is 12.5. The molecular weight excluding hydrogens is 288 g/mol. The molecule has 2 rings (SSSR count). The first-order chi connectivity index (χ1) is 9.05. The van der Waals surface area contributed by atoms with Crippen LogP contribution in [0.25, 0.3) is 0 Å². The SMILES string of the molecule is CN(CCN1CCCC1)S(=O)(=O)c1[nH]ncc1CCl. The van der Waals surface area contributed by atoms with E-state index in [9.17, 15) is 8.42 Å². The Hall–Kier alpha value is -0.630. The van der Waals surface area contributed by atoms with Crippen LogP contribution in [0.5, 0.6) is 0 Å². The molecule has 0 amide bonds. The Kier molecular flexibility index (Phi) is 4.83. The zero-order chi connectivity index (χ0) is 13.9. The lowest BCUT2D eigenvalue weighted by atomic mass is 10.4. The van der Waals surface area contributed by atoms with Crippen LogP contribution < -0.4 is 0 Å². The van der Waals surface area contributed by atoms with E-state index in [1.54, 1.807) is 7.05 Å². The second-order valence-electron chi connectivity index (χ2n) is 4.73. The normalized spacial score (nSPS) is 17.4. The first-order valence-corrected chi connectivity index (χ1v) is 8.30. The highest BCUT2D eigenvalue weighted by Crippen LogP contribution is 2.18. The molecule has 0 aromatic carbocycles. The van der Waals surface area contributed by atoms with Gasteiger partial charge >= 0.3 is 0 Å². The molecule has 0 aliphatic carbocycles. The van der Waals surface area contributed by atoms with Crippen LogP contribution in [-0.2, 0) is 15.9 Å². The molecule has 2 heterocycles. The van der Waals surface area contributed by atoms with E-state index < -0.39 is 10.0 Å². The van der Waals surface area contributed by atoms with Crippen LogP contribution >= 0.6 is 11.6 Å². The molecule has 108 valence electrons. The van der Waals surface area contributed by atoms with Crippen molar-refractivity contribution in [1.29, 1.82) is 0 Å². The third kappa shape index (κ3) is 3.28. The predicted octanol–water partition coefficient (Wildman–Crippen LogP) is 0.865. The van der Waals surface area contributed by atoms with Gasteiger partial charge in [0.15, 0.2) is 5.03 Å². The van der Waals surface area contributed by atoms with Gasteiger partial charge in [0.05, 0.1) is 12.1 Å². The van der Waals surface area contributed by atoms with Crippen molar-refractivity contribution in [3.63, 3.8) is 0 Å². The molecule has 1 aromatic rings. The molecule has 8 heteroatoms. The molecule has 1 N–H and O–H groups in total. The Balaban J connectivity index is 2.02. The van der Waals surface area contributed by atoms with Crippen LogP contribution in [0.2, 0.25) is 0 Å². The maximum Gasteiger partial charge on any atom is 0.260 e. The van der Waals surface area contributed by atoms with E-state index in [2.05, 4.69) is 15.1 Å². The van der Waals surface area contributed by atoms with E-state index in [0.717, 1.165) is 19.6 Å². The summed E-state index contributed by atoms with van der Waals surface area (Å²) < 4.78 is 26.1. The number of aromatic amines is 1. The first kappa shape index (κ1) is 14.8. The number of likely N-dealkylation sites (N-methyl/N-ethyl adjacent to an activating group) is 1. The lowest BCUT2D eigenvalue weighted by Crippen LogP contribution is -2.35. The van der Waals surface area contributed by atoms with Gasteiger partial charge in [0.2, 0.25) is 0 Å². The topological polar surface area (TPSA) is 69.3 Å². The van der Waals surface area contributed by atoms with E-state index in [1.807, 2.05) is 0 Å². The number of alkyl halides is 1. The summed E-state index contributed by atoms with van der Waals surface area (Å²) in [5.74, 6) is 0.130. The number of nitrogens with zero attached hydrogens (tertiary/aromatic N) is 3. The molecular formula is C11H19ClN4O2S. The Morgan fingerprint density at radius 3 is 2.79 bits per heavy atom. The fourth-order valence-corrected chi connectivity index (χ4v) is 3.72. The molecule has 1 aliphatic heterocycles. The van der Waals surface area contributed by atoms with Crippen LogP contribution in [0.4, 0.5) is 0 Å². The van der Waals surface area contributed by atoms with Crippen LogP contribution in [0.15, 0.2) is 11.2 Å². The van der Waals surface area contributed by atoms with Crippen molar-refractivity contribution >= 4 is 21.6 Å². The van der Waals surface area contributed by atoms with Crippen LogP contribution in [-0.4, -0.2) is 61.0 Å². The van der Waals surface area contributed by atoms with E-state index >= 15 is 0 Å². The fraction of sp³-hybridized carbons (Fsp3) is 0.727. The molecule has 1 fully saturated rings. The Morgan fingerprint density at radius 1 is 1.47 bits per heavy atom. The standard InChI is InChI=1S/C11H19ClN4O2S/c1-15(6-7-16-4-2-3-5-16)19(17,18)11-10(8-12)9-13-14-11/h9H,2-8H2,1H3,(H,13,14). The lowest BCUT2D eigenvalue weighted by Gasteiger charge is -2.20. The average molecular weight is 307 g/mol. The highest BCUT2D eigenvalue weighted by atomic mass is 35.5. The summed E-state index contributed by atoms with van der Waals surface area (Å²) in [7, 11) is -1.94. The lowest BCUT2D eigenvalue weighted by molar-refractivity contribution is 0.309. The van der Waals surface area contributed by atoms with Crippen molar-refractivity contribution in [1.82, 2.24) is 19.4 Å². The maximum absolute atomic E-state index is 12.4. The van der Waals surface area contributed by atoms with Gasteiger partial charge in [0.1, 0.15) is 0 Å². The van der Waals surface area contributed by atoms with Crippen molar-refractivity contribution in [2.45, 2.75) is 23.7 Å². The molecule has 19 heavy (non-hydrogen) atoms. The van der Waals surface area contributed by atoms with E-state index in [-0.39, 0.29) is 10.9 Å². The van der Waals surface area contributed by atoms with E-state index in [4.69, 9.17) is 11.6 Å². The van der Waals surface area contributed by atoms with Crippen molar-refractivity contribution < 1.29 is 8.42 Å². The van der Waals surface area contributed by atoms with Gasteiger partial charge in [-0.15, -0.1) is 11.6 Å². The molecule has 6 nitrogen and oxygen atoms in total. The summed E-state index contributed by atoms with van der Waals surface area (Å²) in [5.41, 5.74) is 0.509. The Labute approximate surface area is 118 Å². The smallest absolute Gasteiger partial charge is 0.260 e. The predicted molar refractivity (Wildman–Crippen MR) is 73.6 cm³/mol. The summed E-state index contributed by atoms with van der Waals surface area (Å²) >= 11 is 5.71. The number of nitrogens with one attached hydrogen (secondary N) is 1. The van der Waals surface area contributed by atoms with Gasteiger partial charge < -0.3 is 4.90 Å². The number of rotatable bonds is 6. The number of H-pyrrole nitrogens is 1. The summed E-state index contributed by atoms with van der Waals surface area (Å²) in [4.78, 5) is 2.28. The number of halogens is 1. The third-order valence-electron chi connectivity index (χ3n) is 3.42. The third-order valence-corrected chi connectivity index (χ3v) is 5.58. The van der Waals surface area contributed by atoms with Crippen molar-refractivity contribution in [3.8, 4) is 0 Å². The molecule has 1 aliphatic rings.